The summed E-state index contributed by atoms with van der Waals surface area (Å²) in [5.74, 6) is 0.561. The Balaban J connectivity index is 1.60. The molecule has 7 heteroatoms. The number of anilines is 1. The van der Waals surface area contributed by atoms with Crippen LogP contribution in [0.15, 0.2) is 17.1 Å². The molecule has 7 nitrogen and oxygen atoms in total. The molecule has 0 aromatic carbocycles. The fourth-order valence-corrected chi connectivity index (χ4v) is 3.29. The summed E-state index contributed by atoms with van der Waals surface area (Å²) in [5.41, 5.74) is 0.755. The number of aryl methyl sites for hydroxylation is 1. The number of morpholine rings is 1. The van der Waals surface area contributed by atoms with Crippen LogP contribution in [0.3, 0.4) is 0 Å². The van der Waals surface area contributed by atoms with Crippen LogP contribution in [0.2, 0.25) is 0 Å². The molecule has 0 aliphatic carbocycles. The lowest BCUT2D eigenvalue weighted by atomic mass is 9.94. The van der Waals surface area contributed by atoms with Gasteiger partial charge in [0.2, 0.25) is 5.91 Å². The van der Waals surface area contributed by atoms with Gasteiger partial charge in [-0.25, -0.2) is 4.68 Å². The highest BCUT2D eigenvalue weighted by Gasteiger charge is 2.25. The zero-order valence-corrected chi connectivity index (χ0v) is 13.6. The molecule has 3 rings (SSSR count). The Morgan fingerprint density at radius 1 is 1.35 bits per heavy atom. The molecule has 2 aliphatic heterocycles. The molecule has 126 valence electrons. The highest BCUT2D eigenvalue weighted by molar-refractivity contribution is 5.76. The maximum Gasteiger partial charge on any atom is 0.268 e. The first-order valence-corrected chi connectivity index (χ1v) is 8.27. The lowest BCUT2D eigenvalue weighted by Crippen LogP contribution is -2.43. The van der Waals surface area contributed by atoms with Crippen molar-refractivity contribution in [1.29, 1.82) is 0 Å². The summed E-state index contributed by atoms with van der Waals surface area (Å²) < 4.78 is 6.62. The molecule has 2 aliphatic rings. The van der Waals surface area contributed by atoms with E-state index in [1.54, 1.807) is 19.3 Å². The molecule has 23 heavy (non-hydrogen) atoms. The second-order valence-corrected chi connectivity index (χ2v) is 6.33. The van der Waals surface area contributed by atoms with E-state index in [1.807, 2.05) is 4.90 Å². The zero-order chi connectivity index (χ0) is 16.2. The number of aromatic nitrogens is 2. The van der Waals surface area contributed by atoms with Gasteiger partial charge in [-0.3, -0.25) is 9.59 Å². The second kappa shape index (κ2) is 7.12. The first kappa shape index (κ1) is 16.0. The SMILES string of the molecule is Cn1ncc(N2CCCC(CC(=O)N3CCOCC3)C2)cc1=O. The van der Waals surface area contributed by atoms with Gasteiger partial charge in [-0.15, -0.1) is 0 Å². The molecule has 1 atom stereocenters. The van der Waals surface area contributed by atoms with E-state index < -0.39 is 0 Å². The largest absolute Gasteiger partial charge is 0.378 e. The maximum absolute atomic E-state index is 12.4. The number of hydrogen-bond acceptors (Lipinski definition) is 5. The minimum absolute atomic E-state index is 0.103. The maximum atomic E-state index is 12.4. The van der Waals surface area contributed by atoms with Gasteiger partial charge in [-0.2, -0.15) is 5.10 Å². The number of piperidine rings is 1. The molecular formula is C16H24N4O3. The quantitative estimate of drug-likeness (QED) is 0.798. The van der Waals surface area contributed by atoms with Crippen LogP contribution in [0.1, 0.15) is 19.3 Å². The fraction of sp³-hybridized carbons (Fsp3) is 0.688. The summed E-state index contributed by atoms with van der Waals surface area (Å²) in [6, 6.07) is 1.62. The Bertz CT molecular complexity index is 610. The van der Waals surface area contributed by atoms with E-state index in [9.17, 15) is 9.59 Å². The minimum Gasteiger partial charge on any atom is -0.378 e. The van der Waals surface area contributed by atoms with E-state index in [0.717, 1.165) is 31.6 Å². The fourth-order valence-electron chi connectivity index (χ4n) is 3.29. The molecule has 0 bridgehead atoms. The predicted octanol–water partition coefficient (Wildman–Crippen LogP) is 0.246. The van der Waals surface area contributed by atoms with Crippen LogP contribution in [-0.4, -0.2) is 60.0 Å². The van der Waals surface area contributed by atoms with Crippen LogP contribution in [0.5, 0.6) is 0 Å². The van der Waals surface area contributed by atoms with Crippen LogP contribution < -0.4 is 10.5 Å². The molecule has 3 heterocycles. The number of carbonyl (C=O) groups is 1. The topological polar surface area (TPSA) is 67.7 Å². The highest BCUT2D eigenvalue weighted by atomic mass is 16.5. The van der Waals surface area contributed by atoms with Crippen molar-refractivity contribution in [2.75, 3.05) is 44.3 Å². The van der Waals surface area contributed by atoms with Crippen molar-refractivity contribution >= 4 is 11.6 Å². The van der Waals surface area contributed by atoms with Crippen molar-refractivity contribution in [3.63, 3.8) is 0 Å². The van der Waals surface area contributed by atoms with Gasteiger partial charge in [-0.05, 0) is 18.8 Å². The normalized spacial score (nSPS) is 22.2. The summed E-state index contributed by atoms with van der Waals surface area (Å²) in [7, 11) is 1.64. The van der Waals surface area contributed by atoms with Gasteiger partial charge in [0.05, 0.1) is 25.1 Å². The van der Waals surface area contributed by atoms with Crippen LogP contribution in [0.4, 0.5) is 5.69 Å². The van der Waals surface area contributed by atoms with Crippen LogP contribution >= 0.6 is 0 Å². The molecule has 1 unspecified atom stereocenters. The minimum atomic E-state index is -0.103. The first-order valence-electron chi connectivity index (χ1n) is 8.27. The lowest BCUT2D eigenvalue weighted by molar-refractivity contribution is -0.136. The summed E-state index contributed by atoms with van der Waals surface area (Å²) in [5, 5.41) is 4.09. The van der Waals surface area contributed by atoms with E-state index in [4.69, 9.17) is 4.74 Å². The van der Waals surface area contributed by atoms with Gasteiger partial charge in [0, 0.05) is 45.7 Å². The highest BCUT2D eigenvalue weighted by Crippen LogP contribution is 2.24. The van der Waals surface area contributed by atoms with Gasteiger partial charge < -0.3 is 14.5 Å². The summed E-state index contributed by atoms with van der Waals surface area (Å²) >= 11 is 0. The Labute approximate surface area is 135 Å². The molecular weight excluding hydrogens is 296 g/mol. The van der Waals surface area contributed by atoms with Crippen LogP contribution in [0.25, 0.3) is 0 Å². The molecule has 1 aromatic heterocycles. The summed E-state index contributed by atoms with van der Waals surface area (Å²) in [4.78, 5) is 28.2. The summed E-state index contributed by atoms with van der Waals surface area (Å²) in [6.45, 7) is 4.41. The van der Waals surface area contributed by atoms with Crippen molar-refractivity contribution in [3.8, 4) is 0 Å². The van der Waals surface area contributed by atoms with Gasteiger partial charge in [0.1, 0.15) is 0 Å². The standard InChI is InChI=1S/C16H24N4O3/c1-18-15(21)10-14(11-17-18)20-4-2-3-13(12-20)9-16(22)19-5-7-23-8-6-19/h10-11,13H,2-9,12H2,1H3. The van der Waals surface area contributed by atoms with E-state index in [0.29, 0.717) is 38.6 Å². The van der Waals surface area contributed by atoms with Gasteiger partial charge >= 0.3 is 0 Å². The third-order valence-electron chi connectivity index (χ3n) is 4.66. The average molecular weight is 320 g/mol. The first-order chi connectivity index (χ1) is 11.1. The van der Waals surface area contributed by atoms with Crippen molar-refractivity contribution in [1.82, 2.24) is 14.7 Å². The van der Waals surface area contributed by atoms with Crippen molar-refractivity contribution in [2.24, 2.45) is 13.0 Å². The van der Waals surface area contributed by atoms with Gasteiger partial charge in [0.15, 0.2) is 0 Å². The molecule has 1 aromatic rings. The van der Waals surface area contributed by atoms with Gasteiger partial charge in [-0.1, -0.05) is 0 Å². The van der Waals surface area contributed by atoms with Crippen LogP contribution in [0, 0.1) is 5.92 Å². The smallest absolute Gasteiger partial charge is 0.268 e. The zero-order valence-electron chi connectivity index (χ0n) is 13.6. The molecule has 1 amide bonds. The lowest BCUT2D eigenvalue weighted by Gasteiger charge is -2.35. The van der Waals surface area contributed by atoms with E-state index >= 15 is 0 Å². The van der Waals surface area contributed by atoms with Crippen molar-refractivity contribution in [2.45, 2.75) is 19.3 Å². The third-order valence-corrected chi connectivity index (χ3v) is 4.66. The number of rotatable bonds is 3. The Morgan fingerprint density at radius 3 is 2.87 bits per heavy atom. The molecule has 2 saturated heterocycles. The Kier molecular flexibility index (Phi) is 4.95. The second-order valence-electron chi connectivity index (χ2n) is 6.33. The number of amides is 1. The van der Waals surface area contributed by atoms with Crippen molar-refractivity contribution < 1.29 is 9.53 Å². The number of nitrogens with zero attached hydrogens (tertiary/aromatic N) is 4. The van der Waals surface area contributed by atoms with Crippen LogP contribution in [-0.2, 0) is 16.6 Å². The molecule has 0 N–H and O–H groups in total. The van der Waals surface area contributed by atoms with Gasteiger partial charge in [0.25, 0.3) is 5.56 Å². The monoisotopic (exact) mass is 320 g/mol. The number of ether oxygens (including phenoxy) is 1. The average Bonchev–Trinajstić information content (AvgIpc) is 2.58. The molecule has 0 saturated carbocycles. The summed E-state index contributed by atoms with van der Waals surface area (Å²) in [6.07, 6.45) is 4.41. The van der Waals surface area contributed by atoms with E-state index in [-0.39, 0.29) is 11.5 Å². The Morgan fingerprint density at radius 2 is 2.13 bits per heavy atom. The Hall–Kier alpha value is -1.89. The van der Waals surface area contributed by atoms with E-state index in [1.165, 1.54) is 4.68 Å². The van der Waals surface area contributed by atoms with E-state index in [2.05, 4.69) is 10.00 Å². The molecule has 0 radical (unpaired) electrons. The number of hydrogen-bond donors (Lipinski definition) is 0. The predicted molar refractivity (Wildman–Crippen MR) is 86.4 cm³/mol. The molecule has 0 spiro atoms. The molecule has 2 fully saturated rings. The van der Waals surface area contributed by atoms with Crippen molar-refractivity contribution in [3.05, 3.63) is 22.6 Å². The third kappa shape index (κ3) is 3.90. The number of carbonyl (C=O) groups excluding carboxylic acids is 1.